The number of hydrogen-bond donors (Lipinski definition) is 0. The molecule has 0 unspecified atom stereocenters. The molecule has 3 rings (SSSR count). The molecule has 0 aliphatic carbocycles. The molecular formula is C21H12O. The van der Waals surface area contributed by atoms with Gasteiger partial charge >= 0.3 is 0 Å². The Balaban J connectivity index is 1.80. The minimum absolute atomic E-state index is 0.215. The molecule has 0 saturated carbocycles. The van der Waals surface area contributed by atoms with Crippen LogP contribution in [0, 0.1) is 23.7 Å². The van der Waals surface area contributed by atoms with Crippen LogP contribution in [-0.4, -0.2) is 5.78 Å². The van der Waals surface area contributed by atoms with Crippen LogP contribution in [0.5, 0.6) is 0 Å². The first kappa shape index (κ1) is 13.7. The average molecular weight is 280 g/mol. The molecule has 0 heterocycles. The van der Waals surface area contributed by atoms with Crippen LogP contribution in [0.4, 0.5) is 0 Å². The number of rotatable bonds is 1. The first-order valence-corrected chi connectivity index (χ1v) is 6.93. The van der Waals surface area contributed by atoms with Crippen LogP contribution < -0.4 is 0 Å². The van der Waals surface area contributed by atoms with Gasteiger partial charge in [0.05, 0.1) is 0 Å². The summed E-state index contributed by atoms with van der Waals surface area (Å²) in [7, 11) is 0. The summed E-state index contributed by atoms with van der Waals surface area (Å²) >= 11 is 0. The Morgan fingerprint density at radius 2 is 1.45 bits per heavy atom. The number of benzene rings is 3. The van der Waals surface area contributed by atoms with E-state index < -0.39 is 0 Å². The monoisotopic (exact) mass is 280 g/mol. The van der Waals surface area contributed by atoms with E-state index >= 15 is 0 Å². The van der Waals surface area contributed by atoms with E-state index in [9.17, 15) is 4.79 Å². The molecule has 0 atom stereocenters. The van der Waals surface area contributed by atoms with Crippen LogP contribution in [0.15, 0.2) is 72.8 Å². The minimum atomic E-state index is -0.215. The molecule has 0 saturated heterocycles. The molecule has 1 heteroatoms. The second-order valence-electron chi connectivity index (χ2n) is 4.76. The summed E-state index contributed by atoms with van der Waals surface area (Å²) in [6.07, 6.45) is 0. The van der Waals surface area contributed by atoms with Crippen LogP contribution in [-0.2, 0) is 0 Å². The summed E-state index contributed by atoms with van der Waals surface area (Å²) in [5, 5.41) is 2.14. The fourth-order valence-corrected chi connectivity index (χ4v) is 2.12. The quantitative estimate of drug-likeness (QED) is 0.373. The van der Waals surface area contributed by atoms with Crippen LogP contribution >= 0.6 is 0 Å². The van der Waals surface area contributed by atoms with E-state index in [1.807, 2.05) is 66.7 Å². The van der Waals surface area contributed by atoms with Gasteiger partial charge in [-0.1, -0.05) is 54.5 Å². The summed E-state index contributed by atoms with van der Waals surface area (Å²) in [6, 6.07) is 23.1. The van der Waals surface area contributed by atoms with Crippen LogP contribution in [0.2, 0.25) is 0 Å². The minimum Gasteiger partial charge on any atom is -0.279 e. The van der Waals surface area contributed by atoms with Crippen molar-refractivity contribution in [3.63, 3.8) is 0 Å². The zero-order chi connectivity index (χ0) is 15.2. The molecule has 0 N–H and O–H groups in total. The second kappa shape index (κ2) is 6.44. The molecule has 0 bridgehead atoms. The Kier molecular flexibility index (Phi) is 4.01. The lowest BCUT2D eigenvalue weighted by Crippen LogP contribution is -1.94. The highest BCUT2D eigenvalue weighted by atomic mass is 16.1. The highest BCUT2D eigenvalue weighted by Crippen LogP contribution is 2.15. The largest absolute Gasteiger partial charge is 0.279 e. The maximum atomic E-state index is 12.1. The van der Waals surface area contributed by atoms with E-state index in [1.165, 1.54) is 0 Å². The number of carbonyl (C=O) groups is 1. The molecule has 0 aliphatic rings. The van der Waals surface area contributed by atoms with Crippen LogP contribution in [0.3, 0.4) is 0 Å². The number of ketones is 1. The maximum Gasteiger partial charge on any atom is 0.236 e. The van der Waals surface area contributed by atoms with Gasteiger partial charge in [-0.3, -0.25) is 4.79 Å². The van der Waals surface area contributed by atoms with Crippen molar-refractivity contribution in [1.29, 1.82) is 0 Å². The third kappa shape index (κ3) is 3.23. The lowest BCUT2D eigenvalue weighted by atomic mass is 10.0. The van der Waals surface area contributed by atoms with Crippen molar-refractivity contribution < 1.29 is 4.79 Å². The Morgan fingerprint density at radius 1 is 0.727 bits per heavy atom. The zero-order valence-electron chi connectivity index (χ0n) is 11.8. The van der Waals surface area contributed by atoms with Crippen molar-refractivity contribution in [2.24, 2.45) is 0 Å². The molecule has 0 fully saturated rings. The van der Waals surface area contributed by atoms with E-state index in [-0.39, 0.29) is 5.78 Å². The molecule has 0 aliphatic heterocycles. The lowest BCUT2D eigenvalue weighted by Gasteiger charge is -1.98. The van der Waals surface area contributed by atoms with E-state index in [0.29, 0.717) is 5.56 Å². The highest BCUT2D eigenvalue weighted by Gasteiger charge is 2.02. The van der Waals surface area contributed by atoms with Crippen molar-refractivity contribution in [3.05, 3.63) is 83.9 Å². The van der Waals surface area contributed by atoms with E-state index in [4.69, 9.17) is 0 Å². The van der Waals surface area contributed by atoms with E-state index in [2.05, 4.69) is 23.7 Å². The highest BCUT2D eigenvalue weighted by molar-refractivity contribution is 6.10. The molecule has 0 radical (unpaired) electrons. The van der Waals surface area contributed by atoms with Gasteiger partial charge in [0.15, 0.2) is 0 Å². The van der Waals surface area contributed by atoms with Gasteiger partial charge in [-0.2, -0.15) is 0 Å². The molecule has 3 aromatic carbocycles. The van der Waals surface area contributed by atoms with Gasteiger partial charge in [0.1, 0.15) is 0 Å². The average Bonchev–Trinajstić information content (AvgIpc) is 2.59. The summed E-state index contributed by atoms with van der Waals surface area (Å²) in [6.45, 7) is 0. The Labute approximate surface area is 129 Å². The van der Waals surface area contributed by atoms with E-state index in [0.717, 1.165) is 16.3 Å². The fraction of sp³-hybridized carbons (Fsp3) is 0. The van der Waals surface area contributed by atoms with Crippen LogP contribution in [0.25, 0.3) is 10.8 Å². The van der Waals surface area contributed by atoms with Crippen LogP contribution in [0.1, 0.15) is 15.9 Å². The third-order valence-electron chi connectivity index (χ3n) is 3.23. The van der Waals surface area contributed by atoms with Gasteiger partial charge in [-0.25, -0.2) is 0 Å². The van der Waals surface area contributed by atoms with Crippen molar-refractivity contribution in [2.45, 2.75) is 0 Å². The summed E-state index contributed by atoms with van der Waals surface area (Å²) < 4.78 is 0. The van der Waals surface area contributed by atoms with Gasteiger partial charge in [0.25, 0.3) is 0 Å². The zero-order valence-corrected chi connectivity index (χ0v) is 11.8. The molecular weight excluding hydrogens is 268 g/mol. The smallest absolute Gasteiger partial charge is 0.236 e. The predicted molar refractivity (Wildman–Crippen MR) is 89.4 cm³/mol. The summed E-state index contributed by atoms with van der Waals surface area (Å²) in [5.74, 6) is 10.6. The van der Waals surface area contributed by atoms with Gasteiger partial charge in [-0.05, 0) is 52.8 Å². The first-order valence-electron chi connectivity index (χ1n) is 6.93. The number of Topliss-reactive ketones (excluding diaryl/α,β-unsaturated/α-hetero) is 1. The van der Waals surface area contributed by atoms with Crippen molar-refractivity contribution in [3.8, 4) is 23.7 Å². The Hall–Kier alpha value is -3.29. The second-order valence-corrected chi connectivity index (χ2v) is 4.76. The number of carbonyl (C=O) groups excluding carboxylic acids is 1. The lowest BCUT2D eigenvalue weighted by molar-refractivity contribution is 0.105. The molecule has 1 nitrogen and oxygen atoms in total. The number of hydrogen-bond acceptors (Lipinski definition) is 1. The standard InChI is InChI=1S/C21H12O/c22-21(13-7-4-10-17-8-2-1-3-9-17)20-15-14-18-11-5-6-12-19(18)16-20/h1-3,5-6,8-9,11-12,14-16H. The number of fused-ring (bicyclic) bond motifs is 1. The van der Waals surface area contributed by atoms with E-state index in [1.54, 1.807) is 6.07 Å². The molecule has 0 spiro atoms. The summed E-state index contributed by atoms with van der Waals surface area (Å²) in [5.41, 5.74) is 1.47. The Bertz CT molecular complexity index is 945. The molecule has 22 heavy (non-hydrogen) atoms. The van der Waals surface area contributed by atoms with Gasteiger partial charge in [0.2, 0.25) is 5.78 Å². The predicted octanol–water partition coefficient (Wildman–Crippen LogP) is 4.08. The molecule has 0 aromatic heterocycles. The first-order chi connectivity index (χ1) is 10.8. The maximum absolute atomic E-state index is 12.1. The molecule has 102 valence electrons. The normalized spacial score (nSPS) is 9.27. The Morgan fingerprint density at radius 3 is 2.27 bits per heavy atom. The SMILES string of the molecule is O=C(C#CC#Cc1ccccc1)c1ccc2ccccc2c1. The van der Waals surface area contributed by atoms with Gasteiger partial charge in [-0.15, -0.1) is 0 Å². The third-order valence-corrected chi connectivity index (χ3v) is 3.23. The van der Waals surface area contributed by atoms with Crippen molar-refractivity contribution in [1.82, 2.24) is 0 Å². The molecule has 0 amide bonds. The van der Waals surface area contributed by atoms with Gasteiger partial charge < -0.3 is 0 Å². The topological polar surface area (TPSA) is 17.1 Å². The fourth-order valence-electron chi connectivity index (χ4n) is 2.12. The van der Waals surface area contributed by atoms with Crippen molar-refractivity contribution in [2.75, 3.05) is 0 Å². The van der Waals surface area contributed by atoms with Gasteiger partial charge in [0, 0.05) is 11.1 Å². The van der Waals surface area contributed by atoms with Crippen molar-refractivity contribution >= 4 is 16.6 Å². The summed E-state index contributed by atoms with van der Waals surface area (Å²) in [4.78, 5) is 12.1. The molecule has 3 aromatic rings.